The smallest absolute Gasteiger partial charge is 0.252 e. The molecule has 0 unspecified atom stereocenters. The molecule has 1 aliphatic rings. The highest BCUT2D eigenvalue weighted by Crippen LogP contribution is 2.25. The summed E-state index contributed by atoms with van der Waals surface area (Å²) in [6, 6.07) is 6.59. The van der Waals surface area contributed by atoms with Gasteiger partial charge in [-0.05, 0) is 30.3 Å². The number of nitrogens with zero attached hydrogens (tertiary/aromatic N) is 2. The van der Waals surface area contributed by atoms with Crippen LogP contribution in [0.5, 0.6) is 0 Å². The molecule has 0 atom stereocenters. The number of guanidine groups is 1. The van der Waals surface area contributed by atoms with Crippen molar-refractivity contribution in [3.8, 4) is 0 Å². The van der Waals surface area contributed by atoms with Gasteiger partial charge >= 0.3 is 0 Å². The highest BCUT2D eigenvalue weighted by Gasteiger charge is 2.27. The predicted molar refractivity (Wildman–Crippen MR) is 123 cm³/mol. The molecule has 7 nitrogen and oxygen atoms in total. The van der Waals surface area contributed by atoms with Crippen molar-refractivity contribution in [1.29, 1.82) is 0 Å². The summed E-state index contributed by atoms with van der Waals surface area (Å²) in [5.74, 6) is -0.635. The van der Waals surface area contributed by atoms with Gasteiger partial charge in [0.15, 0.2) is 5.96 Å². The summed E-state index contributed by atoms with van der Waals surface area (Å²) < 4.78 is 59.2. The number of benzene rings is 1. The van der Waals surface area contributed by atoms with E-state index in [4.69, 9.17) is 4.74 Å². The lowest BCUT2D eigenvalue weighted by atomic mass is 10.2. The Hall–Kier alpha value is -1.35. The fourth-order valence-corrected chi connectivity index (χ4v) is 5.61. The molecule has 0 spiro atoms. The van der Waals surface area contributed by atoms with Crippen molar-refractivity contribution < 1.29 is 21.9 Å². The summed E-state index contributed by atoms with van der Waals surface area (Å²) in [7, 11) is -1.96. The Balaban J connectivity index is 0.00000320. The standard InChI is InChI=1S/C18H22F2N4O3S2.HI/c1-21-18(22-11-13-10-14(19)2-4-16(13)20)23-12-15-3-5-17(28-15)29(25,26)24-6-8-27-9-7-24;/h2-5,10H,6-9,11-12H2,1H3,(H2,21,22,23);1H. The van der Waals surface area contributed by atoms with E-state index < -0.39 is 21.7 Å². The largest absolute Gasteiger partial charge is 0.379 e. The third-order valence-electron chi connectivity index (χ3n) is 4.31. The van der Waals surface area contributed by atoms with Gasteiger partial charge in [0, 0.05) is 37.1 Å². The minimum Gasteiger partial charge on any atom is -0.379 e. The van der Waals surface area contributed by atoms with Gasteiger partial charge in [-0.3, -0.25) is 4.99 Å². The summed E-state index contributed by atoms with van der Waals surface area (Å²) in [6.45, 7) is 1.89. The van der Waals surface area contributed by atoms with Gasteiger partial charge in [0.25, 0.3) is 10.0 Å². The molecular weight excluding hydrogens is 549 g/mol. The Kier molecular flexibility index (Phi) is 9.40. The van der Waals surface area contributed by atoms with Gasteiger partial charge in [0.2, 0.25) is 0 Å². The highest BCUT2D eigenvalue weighted by atomic mass is 127. The van der Waals surface area contributed by atoms with Crippen LogP contribution in [0.2, 0.25) is 0 Å². The molecule has 0 saturated carbocycles. The lowest BCUT2D eigenvalue weighted by molar-refractivity contribution is 0.0731. The second-order valence-electron chi connectivity index (χ2n) is 6.25. The minimum absolute atomic E-state index is 0. The lowest BCUT2D eigenvalue weighted by Gasteiger charge is -2.25. The van der Waals surface area contributed by atoms with E-state index >= 15 is 0 Å². The van der Waals surface area contributed by atoms with Gasteiger partial charge in [-0.2, -0.15) is 4.31 Å². The number of halogens is 3. The molecule has 3 rings (SSSR count). The second kappa shape index (κ2) is 11.3. The molecule has 0 amide bonds. The average molecular weight is 572 g/mol. The zero-order valence-corrected chi connectivity index (χ0v) is 20.2. The summed E-state index contributed by atoms with van der Waals surface area (Å²) >= 11 is 1.18. The van der Waals surface area contributed by atoms with Gasteiger partial charge in [-0.1, -0.05) is 0 Å². The van der Waals surface area contributed by atoms with Crippen molar-refractivity contribution >= 4 is 51.3 Å². The quantitative estimate of drug-likeness (QED) is 0.316. The van der Waals surface area contributed by atoms with Crippen molar-refractivity contribution in [3.63, 3.8) is 0 Å². The van der Waals surface area contributed by atoms with Crippen LogP contribution in [0.15, 0.2) is 39.5 Å². The predicted octanol–water partition coefficient (Wildman–Crippen LogP) is 2.53. The number of aliphatic imine (C=N–C) groups is 1. The number of hydrogen-bond acceptors (Lipinski definition) is 5. The van der Waals surface area contributed by atoms with Crippen LogP contribution in [-0.4, -0.2) is 52.0 Å². The maximum atomic E-state index is 13.7. The first-order chi connectivity index (χ1) is 13.9. The summed E-state index contributed by atoms with van der Waals surface area (Å²) in [6.07, 6.45) is 0. The van der Waals surface area contributed by atoms with E-state index in [1.807, 2.05) is 0 Å². The zero-order valence-electron chi connectivity index (χ0n) is 16.2. The van der Waals surface area contributed by atoms with Crippen LogP contribution in [0.1, 0.15) is 10.4 Å². The molecule has 12 heteroatoms. The third-order valence-corrected chi connectivity index (χ3v) is 7.76. The molecule has 2 heterocycles. The maximum absolute atomic E-state index is 13.7. The van der Waals surface area contributed by atoms with E-state index in [2.05, 4.69) is 15.6 Å². The molecule has 0 bridgehead atoms. The molecule has 1 aliphatic heterocycles. The molecule has 0 radical (unpaired) electrons. The Labute approximate surface area is 195 Å². The van der Waals surface area contributed by atoms with E-state index in [1.165, 1.54) is 15.6 Å². The molecule has 1 fully saturated rings. The first kappa shape index (κ1) is 24.9. The molecule has 1 saturated heterocycles. The van der Waals surface area contributed by atoms with Crippen LogP contribution in [-0.2, 0) is 27.8 Å². The Morgan fingerprint density at radius 2 is 1.87 bits per heavy atom. The number of nitrogens with one attached hydrogen (secondary N) is 2. The number of morpholine rings is 1. The van der Waals surface area contributed by atoms with Gasteiger partial charge in [0.05, 0.1) is 19.8 Å². The number of sulfonamides is 1. The summed E-state index contributed by atoms with van der Waals surface area (Å²) in [4.78, 5) is 4.84. The number of rotatable bonds is 6. The molecule has 30 heavy (non-hydrogen) atoms. The topological polar surface area (TPSA) is 83.0 Å². The summed E-state index contributed by atoms with van der Waals surface area (Å²) in [5, 5.41) is 5.95. The maximum Gasteiger partial charge on any atom is 0.252 e. The van der Waals surface area contributed by atoms with E-state index in [1.54, 1.807) is 19.2 Å². The van der Waals surface area contributed by atoms with Crippen LogP contribution < -0.4 is 10.6 Å². The average Bonchev–Trinajstić information content (AvgIpc) is 3.21. The normalized spacial score (nSPS) is 15.5. The van der Waals surface area contributed by atoms with E-state index in [0.717, 1.165) is 23.1 Å². The minimum atomic E-state index is -3.52. The molecule has 2 N–H and O–H groups in total. The number of hydrogen-bond donors (Lipinski definition) is 2. The zero-order chi connectivity index (χ0) is 20.9. The van der Waals surface area contributed by atoms with Crippen LogP contribution in [0.25, 0.3) is 0 Å². The van der Waals surface area contributed by atoms with E-state index in [9.17, 15) is 17.2 Å². The first-order valence-electron chi connectivity index (χ1n) is 8.95. The number of ether oxygens (including phenoxy) is 1. The second-order valence-corrected chi connectivity index (χ2v) is 9.59. The number of thiophene rings is 1. The highest BCUT2D eigenvalue weighted by molar-refractivity contribution is 14.0. The van der Waals surface area contributed by atoms with Crippen LogP contribution >= 0.6 is 35.3 Å². The summed E-state index contributed by atoms with van der Waals surface area (Å²) in [5.41, 5.74) is 0.183. The Morgan fingerprint density at radius 1 is 1.17 bits per heavy atom. The van der Waals surface area contributed by atoms with Crippen molar-refractivity contribution in [2.75, 3.05) is 33.4 Å². The van der Waals surface area contributed by atoms with Gasteiger partial charge in [-0.25, -0.2) is 17.2 Å². The third kappa shape index (κ3) is 6.33. The molecule has 1 aromatic carbocycles. The van der Waals surface area contributed by atoms with Crippen LogP contribution in [0.4, 0.5) is 8.78 Å². The molecule has 2 aromatic rings. The van der Waals surface area contributed by atoms with Gasteiger partial charge in [0.1, 0.15) is 15.8 Å². The van der Waals surface area contributed by atoms with Crippen molar-refractivity contribution in [2.24, 2.45) is 4.99 Å². The molecule has 0 aliphatic carbocycles. The lowest BCUT2D eigenvalue weighted by Crippen LogP contribution is -2.40. The Bertz CT molecular complexity index is 980. The van der Waals surface area contributed by atoms with Crippen LogP contribution in [0.3, 0.4) is 0 Å². The molecule has 1 aromatic heterocycles. The van der Waals surface area contributed by atoms with Crippen molar-refractivity contribution in [2.45, 2.75) is 17.3 Å². The van der Waals surface area contributed by atoms with Crippen molar-refractivity contribution in [1.82, 2.24) is 14.9 Å². The van der Waals surface area contributed by atoms with Crippen LogP contribution in [0, 0.1) is 11.6 Å². The van der Waals surface area contributed by atoms with Gasteiger partial charge in [-0.15, -0.1) is 35.3 Å². The fourth-order valence-electron chi connectivity index (χ4n) is 2.76. The van der Waals surface area contributed by atoms with E-state index in [-0.39, 0.29) is 40.3 Å². The van der Waals surface area contributed by atoms with Gasteiger partial charge < -0.3 is 15.4 Å². The van der Waals surface area contributed by atoms with E-state index in [0.29, 0.717) is 38.8 Å². The molecule has 166 valence electrons. The monoisotopic (exact) mass is 572 g/mol. The SMILES string of the molecule is CN=C(NCc1ccc(S(=O)(=O)N2CCOCC2)s1)NCc1cc(F)ccc1F.I. The first-order valence-corrected chi connectivity index (χ1v) is 11.2. The fraction of sp³-hybridized carbons (Fsp3) is 0.389. The Morgan fingerprint density at radius 3 is 2.57 bits per heavy atom. The van der Waals surface area contributed by atoms with Crippen molar-refractivity contribution in [3.05, 3.63) is 52.4 Å². The molecular formula is C18H23F2IN4O3S2.